The molecule has 4 N–H and O–H groups in total. The summed E-state index contributed by atoms with van der Waals surface area (Å²) < 4.78 is 12.2. The van der Waals surface area contributed by atoms with E-state index in [9.17, 15) is 4.79 Å². The average Bonchev–Trinajstić information content (AvgIpc) is 3.05. The van der Waals surface area contributed by atoms with Crippen molar-refractivity contribution in [1.82, 2.24) is 0 Å². The third-order valence-electron chi connectivity index (χ3n) is 7.96. The quantitative estimate of drug-likeness (QED) is 0.200. The summed E-state index contributed by atoms with van der Waals surface area (Å²) in [6.07, 6.45) is 0. The molecule has 6 aromatic carbocycles. The van der Waals surface area contributed by atoms with Gasteiger partial charge in [0.2, 0.25) is 0 Å². The zero-order valence-electron chi connectivity index (χ0n) is 23.2. The van der Waals surface area contributed by atoms with Gasteiger partial charge in [-0.05, 0) is 95.1 Å². The minimum Gasteiger partial charge on any atom is -0.457 e. The van der Waals surface area contributed by atoms with E-state index < -0.39 is 5.41 Å². The molecule has 1 aliphatic carbocycles. The van der Waals surface area contributed by atoms with Crippen molar-refractivity contribution in [3.05, 3.63) is 179 Å². The Morgan fingerprint density at radius 1 is 0.419 bits per heavy atom. The van der Waals surface area contributed by atoms with Crippen LogP contribution in [-0.2, 0) is 5.41 Å². The smallest absolute Gasteiger partial charge is 0.193 e. The molecule has 208 valence electrons. The molecule has 0 spiro atoms. The molecule has 0 saturated carbocycles. The van der Waals surface area contributed by atoms with Crippen molar-refractivity contribution < 1.29 is 14.3 Å². The van der Waals surface area contributed by atoms with Crippen LogP contribution in [0.25, 0.3) is 0 Å². The molecule has 0 aromatic heterocycles. The zero-order chi connectivity index (χ0) is 29.4. The van der Waals surface area contributed by atoms with E-state index in [1.54, 1.807) is 0 Å². The van der Waals surface area contributed by atoms with E-state index >= 15 is 0 Å². The first-order chi connectivity index (χ1) is 21.0. The molecular weight excluding hydrogens is 532 g/mol. The third kappa shape index (κ3) is 4.57. The van der Waals surface area contributed by atoms with Crippen LogP contribution in [0, 0.1) is 0 Å². The number of nitrogen functional groups attached to an aromatic ring is 2. The highest BCUT2D eigenvalue weighted by Gasteiger charge is 2.46. The minimum absolute atomic E-state index is 0.0217. The lowest BCUT2D eigenvalue weighted by molar-refractivity contribution is 0.103. The number of anilines is 2. The molecule has 5 heteroatoms. The highest BCUT2D eigenvalue weighted by molar-refractivity contribution is 6.14. The number of ether oxygens (including phenoxy) is 2. The number of ketones is 1. The summed E-state index contributed by atoms with van der Waals surface area (Å²) in [7, 11) is 0. The van der Waals surface area contributed by atoms with Crippen molar-refractivity contribution in [3.8, 4) is 23.0 Å². The molecular formula is C38H28N2O3. The van der Waals surface area contributed by atoms with Crippen LogP contribution in [0.15, 0.2) is 146 Å². The Morgan fingerprint density at radius 3 is 1.12 bits per heavy atom. The second-order valence-corrected chi connectivity index (χ2v) is 10.6. The largest absolute Gasteiger partial charge is 0.457 e. The molecule has 7 rings (SSSR count). The van der Waals surface area contributed by atoms with Crippen molar-refractivity contribution in [2.24, 2.45) is 0 Å². The van der Waals surface area contributed by atoms with Gasteiger partial charge in [-0.25, -0.2) is 0 Å². The van der Waals surface area contributed by atoms with Crippen LogP contribution in [-0.4, -0.2) is 5.78 Å². The van der Waals surface area contributed by atoms with Crippen LogP contribution in [0.3, 0.4) is 0 Å². The van der Waals surface area contributed by atoms with Crippen molar-refractivity contribution in [2.45, 2.75) is 5.41 Å². The maximum atomic E-state index is 13.8. The zero-order valence-corrected chi connectivity index (χ0v) is 23.2. The van der Waals surface area contributed by atoms with Gasteiger partial charge in [0, 0.05) is 22.5 Å². The van der Waals surface area contributed by atoms with Gasteiger partial charge in [0.25, 0.3) is 0 Å². The average molecular weight is 561 g/mol. The SMILES string of the molecule is Nc1ccc(Oc2ccc(C3(c4ccc(Oc5ccc(N)cc5)cc4)c4ccccc4C(=O)c4ccccc43)cc2)cc1. The molecule has 1 aliphatic rings. The van der Waals surface area contributed by atoms with E-state index in [-0.39, 0.29) is 5.78 Å². The van der Waals surface area contributed by atoms with Crippen molar-refractivity contribution >= 4 is 17.2 Å². The fourth-order valence-corrected chi connectivity index (χ4v) is 5.98. The third-order valence-corrected chi connectivity index (χ3v) is 7.96. The van der Waals surface area contributed by atoms with Gasteiger partial charge in [-0.3, -0.25) is 4.79 Å². The summed E-state index contributed by atoms with van der Waals surface area (Å²) in [5.41, 5.74) is 17.5. The Hall–Kier alpha value is -5.81. The number of rotatable bonds is 6. The lowest BCUT2D eigenvalue weighted by atomic mass is 9.59. The normalized spacial score (nSPS) is 13.1. The fraction of sp³-hybridized carbons (Fsp3) is 0.0263. The van der Waals surface area contributed by atoms with Crippen LogP contribution < -0.4 is 20.9 Å². The highest BCUT2D eigenvalue weighted by atomic mass is 16.5. The van der Waals surface area contributed by atoms with Crippen LogP contribution in [0.2, 0.25) is 0 Å². The number of nitrogens with two attached hydrogens (primary N) is 2. The molecule has 0 radical (unpaired) electrons. The summed E-state index contributed by atoms with van der Waals surface area (Å²) in [5.74, 6) is 2.82. The minimum atomic E-state index is -0.763. The predicted molar refractivity (Wildman–Crippen MR) is 170 cm³/mol. The molecule has 0 heterocycles. The molecule has 0 saturated heterocycles. The van der Waals surface area contributed by atoms with Gasteiger partial charge in [-0.1, -0.05) is 72.8 Å². The van der Waals surface area contributed by atoms with E-state index in [2.05, 4.69) is 36.4 Å². The standard InChI is InChI=1S/C38H28N2O3/c39-27-13-21-31(22-14-27)42-29-17-9-25(10-18-29)38(26-11-19-30(20-12-26)43-32-23-15-28(40)16-24-32)35-7-3-1-5-33(35)37(41)34-6-2-4-8-36(34)38/h1-24H,39-40H2. The van der Waals surface area contributed by atoms with Gasteiger partial charge >= 0.3 is 0 Å². The van der Waals surface area contributed by atoms with E-state index in [0.717, 1.165) is 22.3 Å². The molecule has 0 atom stereocenters. The highest BCUT2D eigenvalue weighted by Crippen LogP contribution is 2.51. The molecule has 0 amide bonds. The van der Waals surface area contributed by atoms with Crippen LogP contribution in [0.1, 0.15) is 38.2 Å². The van der Waals surface area contributed by atoms with Gasteiger partial charge in [0.1, 0.15) is 23.0 Å². The number of carbonyl (C=O) groups excluding carboxylic acids is 1. The maximum Gasteiger partial charge on any atom is 0.193 e. The Kier molecular flexibility index (Phi) is 6.40. The van der Waals surface area contributed by atoms with Gasteiger partial charge in [0.05, 0.1) is 5.41 Å². The molecule has 0 aliphatic heterocycles. The van der Waals surface area contributed by atoms with Gasteiger partial charge < -0.3 is 20.9 Å². The molecule has 0 unspecified atom stereocenters. The molecule has 5 nitrogen and oxygen atoms in total. The number of benzene rings is 6. The molecule has 0 bridgehead atoms. The molecule has 6 aromatic rings. The van der Waals surface area contributed by atoms with Crippen molar-refractivity contribution in [2.75, 3.05) is 11.5 Å². The van der Waals surface area contributed by atoms with Gasteiger partial charge in [-0.15, -0.1) is 0 Å². The maximum absolute atomic E-state index is 13.8. The lowest BCUT2D eigenvalue weighted by Crippen LogP contribution is -2.38. The van der Waals surface area contributed by atoms with E-state index in [4.69, 9.17) is 20.9 Å². The van der Waals surface area contributed by atoms with Crippen molar-refractivity contribution in [1.29, 1.82) is 0 Å². The summed E-state index contributed by atoms with van der Waals surface area (Å²) >= 11 is 0. The summed E-state index contributed by atoms with van der Waals surface area (Å²) in [5, 5.41) is 0. The second kappa shape index (κ2) is 10.5. The van der Waals surface area contributed by atoms with E-state index in [1.807, 2.05) is 109 Å². The van der Waals surface area contributed by atoms with E-state index in [1.165, 1.54) is 0 Å². The predicted octanol–water partition coefficient (Wildman–Crippen LogP) is 8.36. The lowest BCUT2D eigenvalue weighted by Gasteiger charge is -2.41. The Balaban J connectivity index is 1.38. The van der Waals surface area contributed by atoms with Gasteiger partial charge in [0.15, 0.2) is 5.78 Å². The number of fused-ring (bicyclic) bond motifs is 2. The first-order valence-corrected chi connectivity index (χ1v) is 14.0. The Morgan fingerprint density at radius 2 is 0.744 bits per heavy atom. The second-order valence-electron chi connectivity index (χ2n) is 10.6. The van der Waals surface area contributed by atoms with Crippen LogP contribution >= 0.6 is 0 Å². The number of hydrogen-bond donors (Lipinski definition) is 2. The van der Waals surface area contributed by atoms with Crippen LogP contribution in [0.5, 0.6) is 23.0 Å². The summed E-state index contributed by atoms with van der Waals surface area (Å²) in [6.45, 7) is 0. The fourth-order valence-electron chi connectivity index (χ4n) is 5.98. The molecule has 43 heavy (non-hydrogen) atoms. The van der Waals surface area contributed by atoms with E-state index in [0.29, 0.717) is 45.5 Å². The topological polar surface area (TPSA) is 87.6 Å². The van der Waals surface area contributed by atoms with Crippen LogP contribution in [0.4, 0.5) is 11.4 Å². The first-order valence-electron chi connectivity index (χ1n) is 14.0. The molecule has 0 fully saturated rings. The first kappa shape index (κ1) is 26.1. The van der Waals surface area contributed by atoms with Crippen molar-refractivity contribution in [3.63, 3.8) is 0 Å². The van der Waals surface area contributed by atoms with Gasteiger partial charge in [-0.2, -0.15) is 0 Å². The Labute approximate surface area is 250 Å². The summed E-state index contributed by atoms with van der Waals surface area (Å²) in [4.78, 5) is 13.8. The number of hydrogen-bond acceptors (Lipinski definition) is 5. The number of carbonyl (C=O) groups is 1. The monoisotopic (exact) mass is 560 g/mol. The Bertz CT molecular complexity index is 1790. The summed E-state index contributed by atoms with van der Waals surface area (Å²) in [6, 6.07) is 46.6.